The maximum Gasteiger partial charge on any atom is 0.247 e. The summed E-state index contributed by atoms with van der Waals surface area (Å²) in [6.07, 6.45) is 7.93. The molecule has 1 fully saturated rings. The van der Waals surface area contributed by atoms with E-state index < -0.39 is 16.1 Å². The highest BCUT2D eigenvalue weighted by Crippen LogP contribution is 2.37. The van der Waals surface area contributed by atoms with Crippen molar-refractivity contribution in [3.8, 4) is 5.75 Å². The van der Waals surface area contributed by atoms with Crippen LogP contribution in [0.4, 0.5) is 0 Å². The average molecular weight is 449 g/mol. The van der Waals surface area contributed by atoms with Crippen molar-refractivity contribution in [1.82, 2.24) is 9.21 Å². The molecule has 6 nitrogen and oxygen atoms in total. The van der Waals surface area contributed by atoms with Crippen LogP contribution in [-0.4, -0.2) is 68.2 Å². The van der Waals surface area contributed by atoms with Crippen LogP contribution in [0.25, 0.3) is 5.57 Å². The van der Waals surface area contributed by atoms with Gasteiger partial charge in [-0.25, -0.2) is 8.42 Å². The van der Waals surface area contributed by atoms with E-state index in [9.17, 15) is 13.5 Å². The summed E-state index contributed by atoms with van der Waals surface area (Å²) in [6.45, 7) is 5.75. The highest BCUT2D eigenvalue weighted by Gasteiger charge is 2.38. The Kier molecular flexibility index (Phi) is 6.77. The van der Waals surface area contributed by atoms with Crippen LogP contribution >= 0.6 is 0 Å². The number of aliphatic hydroxyl groups excluding tert-OH is 1. The number of likely N-dealkylation sites (N-methyl/N-ethyl adjacent to an activating group) is 1. The molecular weight excluding hydrogens is 412 g/mol. The first kappa shape index (κ1) is 22.8. The fourth-order valence-electron chi connectivity index (χ4n) is 4.70. The van der Waals surface area contributed by atoms with Crippen LogP contribution in [0.2, 0.25) is 0 Å². The van der Waals surface area contributed by atoms with Gasteiger partial charge in [-0.05, 0) is 75.3 Å². The van der Waals surface area contributed by atoms with Gasteiger partial charge in [0.15, 0.2) is 0 Å². The van der Waals surface area contributed by atoms with Crippen molar-refractivity contribution in [1.29, 1.82) is 0 Å². The van der Waals surface area contributed by atoms with Gasteiger partial charge in [-0.2, -0.15) is 4.31 Å². The molecule has 1 saturated carbocycles. The third-order valence-electron chi connectivity index (χ3n) is 6.84. The number of rotatable bonds is 7. The fourth-order valence-corrected chi connectivity index (χ4v) is 6.52. The molecule has 172 valence electrons. The van der Waals surface area contributed by atoms with Crippen molar-refractivity contribution < 1.29 is 18.3 Å². The summed E-state index contributed by atoms with van der Waals surface area (Å²) >= 11 is 0. The van der Waals surface area contributed by atoms with Crippen LogP contribution in [0, 0.1) is 11.8 Å². The van der Waals surface area contributed by atoms with E-state index in [0.29, 0.717) is 12.3 Å². The second kappa shape index (κ2) is 9.22. The molecule has 0 bridgehead atoms. The van der Waals surface area contributed by atoms with Gasteiger partial charge in [0.25, 0.3) is 0 Å². The Balaban J connectivity index is 1.71. The number of aliphatic hydroxyl groups is 1. The lowest BCUT2D eigenvalue weighted by molar-refractivity contribution is 0.0740. The lowest BCUT2D eigenvalue weighted by Gasteiger charge is -2.37. The van der Waals surface area contributed by atoms with E-state index in [1.807, 2.05) is 12.1 Å². The quantitative estimate of drug-likeness (QED) is 0.693. The van der Waals surface area contributed by atoms with Crippen LogP contribution in [0.5, 0.6) is 5.75 Å². The molecule has 0 spiro atoms. The van der Waals surface area contributed by atoms with Crippen LogP contribution in [0.1, 0.15) is 51.5 Å². The summed E-state index contributed by atoms with van der Waals surface area (Å²) < 4.78 is 35.0. The third kappa shape index (κ3) is 5.00. The number of hydrogen-bond acceptors (Lipinski definition) is 5. The minimum Gasteiger partial charge on any atom is -0.487 e. The fraction of sp³-hybridized carbons (Fsp3) is 0.667. The van der Waals surface area contributed by atoms with Gasteiger partial charge in [0, 0.05) is 31.6 Å². The summed E-state index contributed by atoms with van der Waals surface area (Å²) in [5, 5.41) is 9.77. The standard InChI is InChI=1S/C24H36N2O4S/c1-17-13-26(18(2)16-27)31(28,29)24-11-10-21(20-6-4-5-7-20)12-22(24)30-23(17)15-25(3)14-19-8-9-19/h6,10-12,17-19,23,27H,4-5,7-9,13-16H2,1-3H3/t17-,18+,23+/m1/s1. The Hall–Kier alpha value is -1.41. The number of sulfonamides is 1. The Labute approximate surface area is 186 Å². The minimum atomic E-state index is -3.77. The van der Waals surface area contributed by atoms with Crippen molar-refractivity contribution in [2.45, 2.75) is 63.0 Å². The van der Waals surface area contributed by atoms with Gasteiger partial charge >= 0.3 is 0 Å². The van der Waals surface area contributed by atoms with Crippen LogP contribution in [0.3, 0.4) is 0 Å². The molecule has 1 aliphatic heterocycles. The van der Waals surface area contributed by atoms with Gasteiger partial charge in [-0.15, -0.1) is 0 Å². The smallest absolute Gasteiger partial charge is 0.247 e. The minimum absolute atomic E-state index is 0.00655. The first-order valence-electron chi connectivity index (χ1n) is 11.6. The number of nitrogens with zero attached hydrogens (tertiary/aromatic N) is 2. The summed E-state index contributed by atoms with van der Waals surface area (Å²) in [5.41, 5.74) is 2.31. The zero-order valence-corrected chi connectivity index (χ0v) is 19.8. The highest BCUT2D eigenvalue weighted by molar-refractivity contribution is 7.89. The number of hydrogen-bond donors (Lipinski definition) is 1. The van der Waals surface area contributed by atoms with E-state index in [1.54, 1.807) is 13.0 Å². The molecule has 2 aliphatic carbocycles. The highest BCUT2D eigenvalue weighted by atomic mass is 32.2. The van der Waals surface area contributed by atoms with E-state index in [4.69, 9.17) is 4.74 Å². The second-order valence-electron chi connectivity index (χ2n) is 9.69. The Morgan fingerprint density at radius 1 is 1.29 bits per heavy atom. The van der Waals surface area contributed by atoms with Crippen LogP contribution < -0.4 is 4.74 Å². The molecule has 3 atom stereocenters. The van der Waals surface area contributed by atoms with Gasteiger partial charge in [0.1, 0.15) is 16.7 Å². The molecule has 4 rings (SSSR count). The van der Waals surface area contributed by atoms with Crippen molar-refractivity contribution in [3.05, 3.63) is 29.8 Å². The molecule has 0 radical (unpaired) electrons. The number of fused-ring (bicyclic) bond motifs is 1. The maximum absolute atomic E-state index is 13.5. The molecule has 1 aromatic rings. The van der Waals surface area contributed by atoms with Gasteiger partial charge in [-0.1, -0.05) is 19.1 Å². The summed E-state index contributed by atoms with van der Waals surface area (Å²) in [4.78, 5) is 2.52. The Bertz CT molecular complexity index is 926. The first-order valence-corrected chi connectivity index (χ1v) is 13.0. The molecule has 7 heteroatoms. The zero-order valence-electron chi connectivity index (χ0n) is 19.0. The summed E-state index contributed by atoms with van der Waals surface area (Å²) in [5.74, 6) is 1.22. The molecule has 31 heavy (non-hydrogen) atoms. The van der Waals surface area contributed by atoms with Crippen molar-refractivity contribution in [2.24, 2.45) is 11.8 Å². The molecule has 1 aromatic carbocycles. The number of benzene rings is 1. The zero-order chi connectivity index (χ0) is 22.2. The SMILES string of the molecule is C[C@@H]1CN([C@@H](C)CO)S(=O)(=O)c2ccc(C3=CCCC3)cc2O[C@H]1CN(C)CC1CC1. The lowest BCUT2D eigenvalue weighted by Crippen LogP contribution is -2.49. The molecule has 3 aliphatic rings. The van der Waals surface area contributed by atoms with Crippen molar-refractivity contribution in [3.63, 3.8) is 0 Å². The van der Waals surface area contributed by atoms with Gasteiger partial charge in [0.2, 0.25) is 10.0 Å². The van der Waals surface area contributed by atoms with E-state index in [2.05, 4.69) is 24.9 Å². The van der Waals surface area contributed by atoms with E-state index in [1.165, 1.54) is 22.7 Å². The topological polar surface area (TPSA) is 70.1 Å². The molecule has 0 saturated heterocycles. The molecular formula is C24H36N2O4S. The Morgan fingerprint density at radius 3 is 2.71 bits per heavy atom. The molecule has 1 N–H and O–H groups in total. The average Bonchev–Trinajstić information content (AvgIpc) is 3.37. The van der Waals surface area contributed by atoms with Crippen LogP contribution in [-0.2, 0) is 10.0 Å². The summed E-state index contributed by atoms with van der Waals surface area (Å²) in [7, 11) is -1.65. The second-order valence-corrected chi connectivity index (χ2v) is 11.5. The van der Waals surface area contributed by atoms with E-state index >= 15 is 0 Å². The van der Waals surface area contributed by atoms with Crippen molar-refractivity contribution >= 4 is 15.6 Å². The molecule has 0 amide bonds. The van der Waals surface area contributed by atoms with Gasteiger partial charge in [-0.3, -0.25) is 0 Å². The molecule has 0 aromatic heterocycles. The van der Waals surface area contributed by atoms with E-state index in [-0.39, 0.29) is 23.5 Å². The Morgan fingerprint density at radius 2 is 2.06 bits per heavy atom. The van der Waals surface area contributed by atoms with E-state index in [0.717, 1.165) is 43.8 Å². The first-order chi connectivity index (χ1) is 14.8. The van der Waals surface area contributed by atoms with Gasteiger partial charge < -0.3 is 14.7 Å². The largest absolute Gasteiger partial charge is 0.487 e. The third-order valence-corrected chi connectivity index (χ3v) is 8.86. The predicted molar refractivity (Wildman–Crippen MR) is 123 cm³/mol. The normalized spacial score (nSPS) is 27.2. The predicted octanol–water partition coefficient (Wildman–Crippen LogP) is 3.36. The lowest BCUT2D eigenvalue weighted by atomic mass is 10.0. The monoisotopic (exact) mass is 448 g/mol. The molecule has 0 unspecified atom stereocenters. The molecule has 1 heterocycles. The number of ether oxygens (including phenoxy) is 1. The van der Waals surface area contributed by atoms with Gasteiger partial charge in [0.05, 0.1) is 6.61 Å². The summed E-state index contributed by atoms with van der Waals surface area (Å²) in [6, 6.07) is 5.02. The van der Waals surface area contributed by atoms with Crippen LogP contribution in [0.15, 0.2) is 29.2 Å². The number of allylic oxidation sites excluding steroid dienone is 2. The van der Waals surface area contributed by atoms with Crippen molar-refractivity contribution in [2.75, 3.05) is 33.3 Å². The maximum atomic E-state index is 13.5.